The van der Waals surface area contributed by atoms with E-state index in [1.54, 1.807) is 19.1 Å². The average Bonchev–Trinajstić information content (AvgIpc) is 2.45. The second-order valence-electron chi connectivity index (χ2n) is 8.37. The van der Waals surface area contributed by atoms with Gasteiger partial charge in [0, 0.05) is 10.6 Å². The van der Waals surface area contributed by atoms with Crippen LogP contribution in [0.5, 0.6) is 0 Å². The average molecular weight is 372 g/mol. The molecule has 6 heteroatoms. The molecule has 0 aliphatic heterocycles. The second-order valence-corrected chi connectivity index (χ2v) is 9.18. The van der Waals surface area contributed by atoms with Gasteiger partial charge >= 0.3 is 12.1 Å². The molecule has 2 nitrogen and oxygen atoms in total. The number of hydrogen-bond donors (Lipinski definition) is 1. The van der Waals surface area contributed by atoms with Crippen LogP contribution in [0.25, 0.3) is 0 Å². The zero-order valence-corrected chi connectivity index (χ0v) is 14.8. The lowest BCUT2D eigenvalue weighted by Gasteiger charge is -2.60. The molecule has 5 rings (SSSR count). The van der Waals surface area contributed by atoms with Gasteiger partial charge < -0.3 is 5.32 Å². The Balaban J connectivity index is 1.67. The Hall–Kier alpha value is -1.23. The summed E-state index contributed by atoms with van der Waals surface area (Å²) in [5, 5.41) is 2.04. The van der Waals surface area contributed by atoms with Gasteiger partial charge in [0.25, 0.3) is 0 Å². The maximum absolute atomic E-state index is 12.6. The molecule has 0 saturated heterocycles. The fourth-order valence-electron chi connectivity index (χ4n) is 5.77. The van der Waals surface area contributed by atoms with Gasteiger partial charge in [0.2, 0.25) is 0 Å². The molecule has 0 heterocycles. The summed E-state index contributed by atoms with van der Waals surface area (Å²) < 4.78 is 37.8. The van der Waals surface area contributed by atoms with Crippen molar-refractivity contribution in [3.8, 4) is 0 Å². The zero-order valence-electron chi connectivity index (χ0n) is 14.0. The largest absolute Gasteiger partial charge is 0.471 e. The molecule has 4 fully saturated rings. The van der Waals surface area contributed by atoms with Crippen LogP contribution in [-0.4, -0.2) is 17.0 Å². The molecule has 4 aliphatic rings. The molecule has 4 saturated carbocycles. The van der Waals surface area contributed by atoms with E-state index in [0.717, 1.165) is 37.7 Å². The normalized spacial score (nSPS) is 36.5. The maximum atomic E-state index is 12.6. The summed E-state index contributed by atoms with van der Waals surface area (Å²) in [4.78, 5) is 11.2. The third-order valence-electron chi connectivity index (χ3n) is 6.35. The van der Waals surface area contributed by atoms with Gasteiger partial charge in [-0.1, -0.05) is 12.1 Å². The van der Waals surface area contributed by atoms with Crippen LogP contribution < -0.4 is 5.32 Å². The van der Waals surface area contributed by atoms with E-state index < -0.39 is 12.1 Å². The third-order valence-corrected chi connectivity index (χ3v) is 6.79. The minimum atomic E-state index is -4.89. The fourth-order valence-corrected chi connectivity index (χ4v) is 6.46. The predicted octanol–water partition coefficient (Wildman–Crippen LogP) is 5.33. The third kappa shape index (κ3) is 2.94. The minimum absolute atomic E-state index is 0.0583. The van der Waals surface area contributed by atoms with Crippen molar-refractivity contribution in [2.75, 3.05) is 5.32 Å². The number of nitrogens with one attached hydrogen (secondary N) is 1. The number of carbonyl (C=O) groups is 1. The van der Waals surface area contributed by atoms with Gasteiger partial charge in [-0.25, -0.2) is 0 Å². The number of halogens is 4. The molecular weight excluding hydrogens is 351 g/mol. The molecule has 136 valence electrons. The number of carbonyl (C=O) groups excluding carboxylic acids is 1. The molecular formula is C19H21ClF3NO. The lowest BCUT2D eigenvalue weighted by molar-refractivity contribution is -0.167. The van der Waals surface area contributed by atoms with Crippen LogP contribution in [0.4, 0.5) is 18.9 Å². The van der Waals surface area contributed by atoms with Gasteiger partial charge in [-0.3, -0.25) is 4.79 Å². The van der Waals surface area contributed by atoms with Crippen LogP contribution in [0.1, 0.15) is 49.7 Å². The van der Waals surface area contributed by atoms with Crippen LogP contribution in [-0.2, 0) is 10.2 Å². The fraction of sp³-hybridized carbons (Fsp3) is 0.632. The van der Waals surface area contributed by atoms with Gasteiger partial charge in [-0.2, -0.15) is 13.2 Å². The zero-order chi connectivity index (χ0) is 18.0. The Kier molecular flexibility index (Phi) is 3.70. The number of anilines is 1. The van der Waals surface area contributed by atoms with Crippen molar-refractivity contribution in [2.45, 2.75) is 61.9 Å². The van der Waals surface area contributed by atoms with Gasteiger partial charge in [-0.15, -0.1) is 11.6 Å². The number of amides is 1. The molecule has 2 atom stereocenters. The van der Waals surface area contributed by atoms with Crippen molar-refractivity contribution in [3.05, 3.63) is 29.3 Å². The van der Waals surface area contributed by atoms with Gasteiger partial charge in [0.1, 0.15) is 0 Å². The van der Waals surface area contributed by atoms with E-state index in [9.17, 15) is 18.0 Å². The molecule has 4 bridgehead atoms. The van der Waals surface area contributed by atoms with Crippen LogP contribution in [0, 0.1) is 18.8 Å². The summed E-state index contributed by atoms with van der Waals surface area (Å²) in [6.45, 7) is 1.71. The van der Waals surface area contributed by atoms with Gasteiger partial charge in [0.05, 0.1) is 0 Å². The van der Waals surface area contributed by atoms with E-state index in [4.69, 9.17) is 11.6 Å². The molecule has 1 aromatic rings. The Morgan fingerprint density at radius 3 is 2.40 bits per heavy atom. The molecule has 1 N–H and O–H groups in total. The first-order valence-corrected chi connectivity index (χ1v) is 9.15. The van der Waals surface area contributed by atoms with Crippen LogP contribution >= 0.6 is 11.6 Å². The molecule has 0 radical (unpaired) electrons. The van der Waals surface area contributed by atoms with E-state index in [1.807, 2.05) is 11.4 Å². The number of alkyl halides is 4. The molecule has 0 spiro atoms. The summed E-state index contributed by atoms with van der Waals surface area (Å²) in [7, 11) is 0. The molecule has 0 unspecified atom stereocenters. The van der Waals surface area contributed by atoms with E-state index in [-0.39, 0.29) is 16.0 Å². The number of hydrogen-bond acceptors (Lipinski definition) is 1. The molecule has 0 aromatic heterocycles. The number of rotatable bonds is 2. The van der Waals surface area contributed by atoms with Crippen molar-refractivity contribution < 1.29 is 18.0 Å². The standard InChI is InChI=1S/C19H21ClF3NO/c1-11-2-3-14(5-15(11)24-16(25)19(21,22)23)17-6-12-4-13(7-17)9-18(20,8-12)10-17/h2-3,5,12-13H,4,6-10H2,1H3,(H,24,25)/t12-,13-,17?,18?/m1/s1. The Morgan fingerprint density at radius 1 is 1.20 bits per heavy atom. The highest BCUT2D eigenvalue weighted by Crippen LogP contribution is 2.64. The Morgan fingerprint density at radius 2 is 1.84 bits per heavy atom. The monoisotopic (exact) mass is 371 g/mol. The second kappa shape index (κ2) is 5.38. The van der Waals surface area contributed by atoms with Crippen molar-refractivity contribution >= 4 is 23.2 Å². The van der Waals surface area contributed by atoms with E-state index in [2.05, 4.69) is 0 Å². The Labute approximate surface area is 150 Å². The van der Waals surface area contributed by atoms with Gasteiger partial charge in [-0.05, 0) is 79.9 Å². The lowest BCUT2D eigenvalue weighted by Crippen LogP contribution is -2.55. The highest BCUT2D eigenvalue weighted by Gasteiger charge is 2.57. The predicted molar refractivity (Wildman–Crippen MR) is 90.8 cm³/mol. The van der Waals surface area contributed by atoms with E-state index >= 15 is 0 Å². The molecule has 1 aromatic carbocycles. The minimum Gasteiger partial charge on any atom is -0.318 e. The number of aryl methyl sites for hydroxylation is 1. The quantitative estimate of drug-likeness (QED) is 0.700. The van der Waals surface area contributed by atoms with Crippen molar-refractivity contribution in [1.82, 2.24) is 0 Å². The maximum Gasteiger partial charge on any atom is 0.471 e. The summed E-state index contributed by atoms with van der Waals surface area (Å²) in [6.07, 6.45) is 1.42. The van der Waals surface area contributed by atoms with Crippen molar-refractivity contribution in [2.24, 2.45) is 11.8 Å². The van der Waals surface area contributed by atoms with E-state index in [1.165, 1.54) is 6.42 Å². The van der Waals surface area contributed by atoms with E-state index in [0.29, 0.717) is 17.4 Å². The highest BCUT2D eigenvalue weighted by atomic mass is 35.5. The smallest absolute Gasteiger partial charge is 0.318 e. The molecule has 4 aliphatic carbocycles. The SMILES string of the molecule is Cc1ccc(C23C[C@H]4C[C@@H](CC(Cl)(C4)C2)C3)cc1NC(=O)C(F)(F)F. The van der Waals surface area contributed by atoms with Gasteiger partial charge in [0.15, 0.2) is 0 Å². The first-order chi connectivity index (χ1) is 11.6. The van der Waals surface area contributed by atoms with Crippen LogP contribution in [0.15, 0.2) is 18.2 Å². The summed E-state index contributed by atoms with van der Waals surface area (Å²) in [6, 6.07) is 5.55. The first-order valence-electron chi connectivity index (χ1n) is 8.77. The van der Waals surface area contributed by atoms with Crippen LogP contribution in [0.2, 0.25) is 0 Å². The first kappa shape index (κ1) is 17.2. The summed E-state index contributed by atoms with van der Waals surface area (Å²) >= 11 is 6.87. The highest BCUT2D eigenvalue weighted by molar-refractivity contribution is 6.24. The summed E-state index contributed by atoms with van der Waals surface area (Å²) in [5.41, 5.74) is 1.85. The molecule has 1 amide bonds. The summed E-state index contributed by atoms with van der Waals surface area (Å²) in [5.74, 6) is -0.714. The Bertz CT molecular complexity index is 716. The molecule has 25 heavy (non-hydrogen) atoms. The topological polar surface area (TPSA) is 29.1 Å². The van der Waals surface area contributed by atoms with Crippen molar-refractivity contribution in [1.29, 1.82) is 0 Å². The van der Waals surface area contributed by atoms with Crippen LogP contribution in [0.3, 0.4) is 0 Å². The lowest BCUT2D eigenvalue weighted by atomic mass is 9.47. The van der Waals surface area contributed by atoms with Crippen molar-refractivity contribution in [3.63, 3.8) is 0 Å². The number of benzene rings is 1.